The van der Waals surface area contributed by atoms with E-state index in [0.29, 0.717) is 55.5 Å². The molecule has 7 nitrogen and oxygen atoms in total. The van der Waals surface area contributed by atoms with Crippen molar-refractivity contribution in [3.05, 3.63) is 57.0 Å². The van der Waals surface area contributed by atoms with Gasteiger partial charge in [0, 0.05) is 36.3 Å². The highest BCUT2D eigenvalue weighted by atomic mass is 35.5. The predicted molar refractivity (Wildman–Crippen MR) is 156 cm³/mol. The molecule has 0 amide bonds. The molecule has 0 bridgehead atoms. The van der Waals surface area contributed by atoms with Gasteiger partial charge in [-0.25, -0.2) is 4.79 Å². The third-order valence-corrected chi connectivity index (χ3v) is 13.0. The molecule has 0 radical (unpaired) electrons. The molecule has 0 N–H and O–H groups in total. The molecule has 1 aliphatic heterocycles. The van der Waals surface area contributed by atoms with E-state index in [0.717, 1.165) is 16.6 Å². The number of hydrogen-bond donors (Lipinski definition) is 0. The zero-order chi connectivity index (χ0) is 27.2. The van der Waals surface area contributed by atoms with Crippen LogP contribution in [0.25, 0.3) is 10.9 Å². The molecule has 2 aromatic carbocycles. The molecule has 0 spiro atoms. The van der Waals surface area contributed by atoms with Gasteiger partial charge >= 0.3 is 5.69 Å². The number of fused-ring (bicyclic) bond motifs is 2. The lowest BCUT2D eigenvalue weighted by atomic mass is 10.0. The van der Waals surface area contributed by atoms with Crippen molar-refractivity contribution in [2.45, 2.75) is 64.3 Å². The van der Waals surface area contributed by atoms with Gasteiger partial charge in [0.25, 0.3) is 0 Å². The van der Waals surface area contributed by atoms with E-state index in [-0.39, 0.29) is 10.7 Å². The minimum absolute atomic E-state index is 0.131. The predicted octanol–water partition coefficient (Wildman–Crippen LogP) is 6.53. The van der Waals surface area contributed by atoms with Crippen molar-refractivity contribution >= 4 is 42.3 Å². The molecule has 1 fully saturated rings. The van der Waals surface area contributed by atoms with Crippen LogP contribution >= 0.6 is 11.6 Å². The average molecular weight is 556 g/mol. The number of benzene rings is 2. The molecule has 0 unspecified atom stereocenters. The molecular weight excluding hydrogens is 518 g/mol. The Morgan fingerprint density at radius 1 is 1.18 bits per heavy atom. The van der Waals surface area contributed by atoms with E-state index in [1.807, 2.05) is 12.1 Å². The molecule has 1 saturated carbocycles. The minimum atomic E-state index is -1.87. The van der Waals surface area contributed by atoms with Crippen molar-refractivity contribution in [2.24, 2.45) is 7.05 Å². The summed E-state index contributed by atoms with van der Waals surface area (Å²) in [7, 11) is -0.140. The second kappa shape index (κ2) is 10.3. The van der Waals surface area contributed by atoms with Gasteiger partial charge in [-0.2, -0.15) is 4.98 Å². The number of anilines is 2. The van der Waals surface area contributed by atoms with E-state index in [2.05, 4.69) is 61.9 Å². The first kappa shape index (κ1) is 27.2. The molecule has 1 aliphatic carbocycles. The van der Waals surface area contributed by atoms with Crippen molar-refractivity contribution in [1.82, 2.24) is 9.55 Å². The van der Waals surface area contributed by atoms with Crippen LogP contribution in [0.2, 0.25) is 23.2 Å². The molecule has 1 aromatic heterocycles. The monoisotopic (exact) mass is 555 g/mol. The van der Waals surface area contributed by atoms with Crippen LogP contribution < -0.4 is 15.3 Å². The quantitative estimate of drug-likeness (QED) is 0.244. The summed E-state index contributed by atoms with van der Waals surface area (Å²) in [5.41, 5.74) is 3.97. The molecule has 9 heteroatoms. The maximum Gasteiger partial charge on any atom is 0.349 e. The van der Waals surface area contributed by atoms with Crippen LogP contribution in [0.3, 0.4) is 0 Å². The Morgan fingerprint density at radius 2 is 1.95 bits per heavy atom. The highest BCUT2D eigenvalue weighted by Gasteiger charge is 2.37. The standard InChI is InChI=1S/C29H38ClN3O4Si/c1-29(2,3)38(5,6)37-15-14-36-26-17-25-21(16-23(26)30)27(31-28(34)32(25)4)33-12-13-35-18-22-20(19-10-11-19)8-7-9-24(22)33/h7-9,16-17,19H,10-15,18H2,1-6H3. The fraction of sp³-hybridized carbons (Fsp3) is 0.517. The second-order valence-corrected chi connectivity index (χ2v) is 17.1. The summed E-state index contributed by atoms with van der Waals surface area (Å²) in [4.78, 5) is 19.7. The molecule has 0 atom stereocenters. The number of ether oxygens (including phenoxy) is 2. The summed E-state index contributed by atoms with van der Waals surface area (Å²) in [6.45, 7) is 13.7. The highest BCUT2D eigenvalue weighted by Crippen LogP contribution is 2.46. The lowest BCUT2D eigenvalue weighted by Gasteiger charge is -2.36. The first-order valence-corrected chi connectivity index (χ1v) is 16.7. The number of aromatic nitrogens is 2. The zero-order valence-electron chi connectivity index (χ0n) is 23.3. The summed E-state index contributed by atoms with van der Waals surface area (Å²) in [6, 6.07) is 10.1. The van der Waals surface area contributed by atoms with Crippen LogP contribution in [0.4, 0.5) is 11.5 Å². The fourth-order valence-corrected chi connectivity index (χ4v) is 6.00. The first-order valence-electron chi connectivity index (χ1n) is 13.4. The Morgan fingerprint density at radius 3 is 2.66 bits per heavy atom. The van der Waals surface area contributed by atoms with Gasteiger partial charge in [0.15, 0.2) is 8.32 Å². The molecule has 2 aliphatic rings. The third-order valence-electron chi connectivity index (χ3n) is 8.21. The number of aryl methyl sites for hydroxylation is 1. The SMILES string of the molecule is Cn1c(=O)nc(N2CCOCc3c(C4CC4)cccc32)c2cc(Cl)c(OCCO[Si](C)(C)C(C)(C)C)cc21. The lowest BCUT2D eigenvalue weighted by molar-refractivity contribution is 0.132. The summed E-state index contributed by atoms with van der Waals surface area (Å²) in [5.74, 6) is 1.72. The van der Waals surface area contributed by atoms with Crippen LogP contribution in [-0.4, -0.2) is 44.2 Å². The van der Waals surface area contributed by atoms with Crippen LogP contribution in [-0.2, 0) is 22.8 Å². The van der Waals surface area contributed by atoms with E-state index in [1.165, 1.54) is 24.0 Å². The molecule has 204 valence electrons. The van der Waals surface area contributed by atoms with Gasteiger partial charge in [0.1, 0.15) is 18.2 Å². The third kappa shape index (κ3) is 5.24. The van der Waals surface area contributed by atoms with Gasteiger partial charge in [-0.05, 0) is 54.6 Å². The minimum Gasteiger partial charge on any atom is -0.490 e. The summed E-state index contributed by atoms with van der Waals surface area (Å²) in [5, 5.41) is 1.40. The van der Waals surface area contributed by atoms with Crippen molar-refractivity contribution in [3.8, 4) is 5.75 Å². The smallest absolute Gasteiger partial charge is 0.349 e. The molecule has 3 aromatic rings. The van der Waals surface area contributed by atoms with E-state index in [1.54, 1.807) is 11.6 Å². The molecule has 38 heavy (non-hydrogen) atoms. The number of nitrogens with zero attached hydrogens (tertiary/aromatic N) is 3. The van der Waals surface area contributed by atoms with Gasteiger partial charge in [-0.1, -0.05) is 44.5 Å². The fourth-order valence-electron chi connectivity index (χ4n) is 4.76. The van der Waals surface area contributed by atoms with Crippen molar-refractivity contribution < 1.29 is 13.9 Å². The van der Waals surface area contributed by atoms with Gasteiger partial charge in [-0.3, -0.25) is 4.57 Å². The normalized spacial score (nSPS) is 16.4. The van der Waals surface area contributed by atoms with Crippen LogP contribution in [0.1, 0.15) is 50.7 Å². The maximum atomic E-state index is 13.0. The molecule has 2 heterocycles. The molecular formula is C29H38ClN3O4Si. The van der Waals surface area contributed by atoms with Gasteiger partial charge in [-0.15, -0.1) is 0 Å². The molecule has 0 saturated heterocycles. The number of rotatable bonds is 7. The summed E-state index contributed by atoms with van der Waals surface area (Å²) < 4.78 is 19.8. The van der Waals surface area contributed by atoms with E-state index in [9.17, 15) is 4.79 Å². The van der Waals surface area contributed by atoms with Crippen molar-refractivity contribution in [3.63, 3.8) is 0 Å². The molecule has 5 rings (SSSR count). The van der Waals surface area contributed by atoms with E-state index in [4.69, 9.17) is 25.5 Å². The Bertz CT molecular complexity index is 1410. The van der Waals surface area contributed by atoms with Crippen molar-refractivity contribution in [2.75, 3.05) is 31.3 Å². The van der Waals surface area contributed by atoms with Crippen LogP contribution in [0, 0.1) is 0 Å². The Hall–Kier alpha value is -2.39. The zero-order valence-corrected chi connectivity index (χ0v) is 25.0. The second-order valence-electron chi connectivity index (χ2n) is 11.9. The van der Waals surface area contributed by atoms with Crippen LogP contribution in [0.15, 0.2) is 35.1 Å². The Labute approximate surface area is 230 Å². The average Bonchev–Trinajstić information content (AvgIpc) is 3.71. The Kier molecular flexibility index (Phi) is 7.37. The summed E-state index contributed by atoms with van der Waals surface area (Å²) in [6.07, 6.45) is 2.42. The van der Waals surface area contributed by atoms with Gasteiger partial charge in [0.05, 0.1) is 30.4 Å². The first-order chi connectivity index (χ1) is 18.0. The number of hydrogen-bond acceptors (Lipinski definition) is 6. The van der Waals surface area contributed by atoms with Crippen molar-refractivity contribution in [1.29, 1.82) is 0 Å². The topological polar surface area (TPSA) is 65.8 Å². The number of halogens is 1. The lowest BCUT2D eigenvalue weighted by Crippen LogP contribution is -2.41. The maximum absolute atomic E-state index is 13.0. The van der Waals surface area contributed by atoms with Crippen LogP contribution in [0.5, 0.6) is 5.75 Å². The van der Waals surface area contributed by atoms with Gasteiger partial charge in [0.2, 0.25) is 0 Å². The van der Waals surface area contributed by atoms with Gasteiger partial charge < -0.3 is 18.8 Å². The highest BCUT2D eigenvalue weighted by molar-refractivity contribution is 6.74. The summed E-state index contributed by atoms with van der Waals surface area (Å²) >= 11 is 6.74. The largest absolute Gasteiger partial charge is 0.490 e. The van der Waals surface area contributed by atoms with E-state index >= 15 is 0 Å². The Balaban J connectivity index is 1.48. The van der Waals surface area contributed by atoms with E-state index < -0.39 is 8.32 Å².